The van der Waals surface area contributed by atoms with Crippen molar-refractivity contribution in [2.75, 3.05) is 31.7 Å². The predicted octanol–water partition coefficient (Wildman–Crippen LogP) is 2.89. The van der Waals surface area contributed by atoms with E-state index >= 15 is 0 Å². The fourth-order valence-electron chi connectivity index (χ4n) is 2.33. The molecular formula is C15H27N3OS. The molecule has 2 rings (SSSR count). The number of hydrogen-bond acceptors (Lipinski definition) is 5. The highest BCUT2D eigenvalue weighted by molar-refractivity contribution is 7.13. The van der Waals surface area contributed by atoms with E-state index in [-0.39, 0.29) is 5.54 Å². The molecule has 0 amide bonds. The molecule has 114 valence electrons. The Bertz CT molecular complexity index is 407. The number of hydrogen-bond donors (Lipinski definition) is 1. The molecule has 0 spiro atoms. The van der Waals surface area contributed by atoms with Crippen LogP contribution in [0.5, 0.6) is 0 Å². The predicted molar refractivity (Wildman–Crippen MR) is 85.5 cm³/mol. The van der Waals surface area contributed by atoms with Gasteiger partial charge in [-0.25, -0.2) is 4.98 Å². The quantitative estimate of drug-likeness (QED) is 0.907. The second kappa shape index (κ2) is 6.87. The Hall–Kier alpha value is -0.650. The highest BCUT2D eigenvalue weighted by atomic mass is 32.1. The molecule has 1 aromatic heterocycles. The Kier molecular flexibility index (Phi) is 5.41. The van der Waals surface area contributed by atoms with Crippen LogP contribution in [-0.4, -0.2) is 37.3 Å². The maximum atomic E-state index is 5.55. The van der Waals surface area contributed by atoms with E-state index in [1.54, 1.807) is 11.3 Å². The number of nitrogens with zero attached hydrogens (tertiary/aromatic N) is 2. The second-order valence-corrected chi connectivity index (χ2v) is 7.53. The van der Waals surface area contributed by atoms with E-state index in [0.29, 0.717) is 5.92 Å². The molecule has 1 aliphatic rings. The Morgan fingerprint density at radius 3 is 2.95 bits per heavy atom. The van der Waals surface area contributed by atoms with Crippen molar-refractivity contribution in [1.82, 2.24) is 10.3 Å². The summed E-state index contributed by atoms with van der Waals surface area (Å²) in [6, 6.07) is 0. The van der Waals surface area contributed by atoms with Crippen LogP contribution < -0.4 is 10.2 Å². The molecule has 1 fully saturated rings. The van der Waals surface area contributed by atoms with Crippen LogP contribution >= 0.6 is 11.3 Å². The SMILES string of the molecule is CN(CC1CCCOC1)c1nc(CNC(C)(C)C)cs1. The lowest BCUT2D eigenvalue weighted by molar-refractivity contribution is 0.0576. The molecule has 4 nitrogen and oxygen atoms in total. The monoisotopic (exact) mass is 297 g/mol. The van der Waals surface area contributed by atoms with E-state index in [9.17, 15) is 0 Å². The minimum absolute atomic E-state index is 0.134. The van der Waals surface area contributed by atoms with Crippen LogP contribution in [0.25, 0.3) is 0 Å². The van der Waals surface area contributed by atoms with Gasteiger partial charge in [0.1, 0.15) is 0 Å². The van der Waals surface area contributed by atoms with Crippen LogP contribution in [0, 0.1) is 5.92 Å². The minimum atomic E-state index is 0.134. The molecule has 1 atom stereocenters. The van der Waals surface area contributed by atoms with E-state index in [2.05, 4.69) is 43.4 Å². The minimum Gasteiger partial charge on any atom is -0.381 e. The molecule has 1 unspecified atom stereocenters. The van der Waals surface area contributed by atoms with Gasteiger partial charge in [0.15, 0.2) is 5.13 Å². The van der Waals surface area contributed by atoms with Crippen molar-refractivity contribution in [2.24, 2.45) is 5.92 Å². The maximum absolute atomic E-state index is 5.55. The van der Waals surface area contributed by atoms with Crippen molar-refractivity contribution in [3.8, 4) is 0 Å². The van der Waals surface area contributed by atoms with Crippen LogP contribution in [0.4, 0.5) is 5.13 Å². The van der Waals surface area contributed by atoms with Gasteiger partial charge < -0.3 is 15.0 Å². The summed E-state index contributed by atoms with van der Waals surface area (Å²) in [5.41, 5.74) is 1.27. The molecule has 0 aliphatic carbocycles. The fraction of sp³-hybridized carbons (Fsp3) is 0.800. The van der Waals surface area contributed by atoms with Gasteiger partial charge in [-0.2, -0.15) is 0 Å². The number of rotatable bonds is 5. The van der Waals surface area contributed by atoms with Crippen LogP contribution in [0.3, 0.4) is 0 Å². The molecule has 1 aliphatic heterocycles. The Labute approximate surface area is 126 Å². The molecule has 1 saturated heterocycles. The van der Waals surface area contributed by atoms with Crippen molar-refractivity contribution in [3.63, 3.8) is 0 Å². The van der Waals surface area contributed by atoms with Gasteiger partial charge in [0.05, 0.1) is 12.3 Å². The van der Waals surface area contributed by atoms with Gasteiger partial charge in [-0.1, -0.05) is 0 Å². The van der Waals surface area contributed by atoms with Crippen LogP contribution in [-0.2, 0) is 11.3 Å². The van der Waals surface area contributed by atoms with Crippen LogP contribution in [0.1, 0.15) is 39.3 Å². The molecule has 5 heteroatoms. The lowest BCUT2D eigenvalue weighted by Gasteiger charge is -2.26. The largest absolute Gasteiger partial charge is 0.381 e. The van der Waals surface area contributed by atoms with Gasteiger partial charge in [-0.3, -0.25) is 0 Å². The molecule has 0 aromatic carbocycles. The molecule has 1 aromatic rings. The topological polar surface area (TPSA) is 37.4 Å². The number of ether oxygens (including phenoxy) is 1. The molecule has 1 N–H and O–H groups in total. The lowest BCUT2D eigenvalue weighted by Crippen LogP contribution is -2.35. The first-order valence-electron chi connectivity index (χ1n) is 7.42. The summed E-state index contributed by atoms with van der Waals surface area (Å²) < 4.78 is 5.55. The Morgan fingerprint density at radius 2 is 2.30 bits per heavy atom. The first-order chi connectivity index (χ1) is 9.44. The molecule has 0 bridgehead atoms. The van der Waals surface area contributed by atoms with Crippen LogP contribution in [0.15, 0.2) is 5.38 Å². The van der Waals surface area contributed by atoms with Crippen molar-refractivity contribution in [2.45, 2.75) is 45.7 Å². The zero-order valence-electron chi connectivity index (χ0n) is 13.1. The maximum Gasteiger partial charge on any atom is 0.185 e. The molecule has 2 heterocycles. The highest BCUT2D eigenvalue weighted by Crippen LogP contribution is 2.22. The van der Waals surface area contributed by atoms with Crippen molar-refractivity contribution in [1.29, 1.82) is 0 Å². The molecule has 20 heavy (non-hydrogen) atoms. The van der Waals surface area contributed by atoms with Gasteiger partial charge >= 0.3 is 0 Å². The first-order valence-corrected chi connectivity index (χ1v) is 8.30. The fourth-order valence-corrected chi connectivity index (χ4v) is 3.13. The third-order valence-electron chi connectivity index (χ3n) is 3.45. The third kappa shape index (κ3) is 5.04. The summed E-state index contributed by atoms with van der Waals surface area (Å²) in [7, 11) is 2.13. The zero-order chi connectivity index (χ0) is 14.6. The van der Waals surface area contributed by atoms with Gasteiger partial charge in [-0.05, 0) is 39.5 Å². The zero-order valence-corrected chi connectivity index (χ0v) is 13.9. The Morgan fingerprint density at radius 1 is 1.50 bits per heavy atom. The van der Waals surface area contributed by atoms with E-state index in [1.165, 1.54) is 12.8 Å². The van der Waals surface area contributed by atoms with Crippen molar-refractivity contribution in [3.05, 3.63) is 11.1 Å². The van der Waals surface area contributed by atoms with E-state index < -0.39 is 0 Å². The smallest absolute Gasteiger partial charge is 0.185 e. The van der Waals surface area contributed by atoms with E-state index in [1.807, 2.05) is 0 Å². The summed E-state index contributed by atoms with van der Waals surface area (Å²) in [5, 5.41) is 6.74. The van der Waals surface area contributed by atoms with Gasteiger partial charge in [0.25, 0.3) is 0 Å². The van der Waals surface area contributed by atoms with Crippen LogP contribution in [0.2, 0.25) is 0 Å². The first kappa shape index (κ1) is 15.7. The summed E-state index contributed by atoms with van der Waals surface area (Å²) >= 11 is 1.73. The lowest BCUT2D eigenvalue weighted by atomic mass is 10.0. The van der Waals surface area contributed by atoms with Gasteiger partial charge in [0, 0.05) is 37.7 Å². The third-order valence-corrected chi connectivity index (χ3v) is 4.46. The number of aromatic nitrogens is 1. The average molecular weight is 297 g/mol. The number of anilines is 1. The average Bonchev–Trinajstić information content (AvgIpc) is 2.86. The summed E-state index contributed by atoms with van der Waals surface area (Å²) in [6.45, 7) is 10.2. The standard InChI is InChI=1S/C15H27N3OS/c1-15(2,3)16-8-13-11-20-14(17-13)18(4)9-12-6-5-7-19-10-12/h11-12,16H,5-10H2,1-4H3. The second-order valence-electron chi connectivity index (χ2n) is 6.69. The van der Waals surface area contributed by atoms with Gasteiger partial charge in [0.2, 0.25) is 0 Å². The number of nitrogens with one attached hydrogen (secondary N) is 1. The number of thiazole rings is 1. The molecular weight excluding hydrogens is 270 g/mol. The van der Waals surface area contributed by atoms with E-state index in [4.69, 9.17) is 9.72 Å². The van der Waals surface area contributed by atoms with E-state index in [0.717, 1.165) is 37.1 Å². The Balaban J connectivity index is 1.84. The van der Waals surface area contributed by atoms with Crippen molar-refractivity contribution < 1.29 is 4.74 Å². The summed E-state index contributed by atoms with van der Waals surface area (Å²) in [5.74, 6) is 0.647. The molecule has 0 saturated carbocycles. The summed E-state index contributed by atoms with van der Waals surface area (Å²) in [6.07, 6.45) is 2.46. The summed E-state index contributed by atoms with van der Waals surface area (Å²) in [4.78, 5) is 6.99. The normalized spacial score (nSPS) is 20.1. The van der Waals surface area contributed by atoms with Gasteiger partial charge in [-0.15, -0.1) is 11.3 Å². The molecule has 0 radical (unpaired) electrons. The van der Waals surface area contributed by atoms with Crippen molar-refractivity contribution >= 4 is 16.5 Å². The highest BCUT2D eigenvalue weighted by Gasteiger charge is 2.18.